The molecule has 0 spiro atoms. The summed E-state index contributed by atoms with van der Waals surface area (Å²) in [6, 6.07) is 6.08. The first-order valence-corrected chi connectivity index (χ1v) is 10.3. The van der Waals surface area contributed by atoms with Crippen LogP contribution in [0.4, 0.5) is 14.5 Å². The Bertz CT molecular complexity index is 1220. The third-order valence-electron chi connectivity index (χ3n) is 5.58. The van der Waals surface area contributed by atoms with Crippen molar-refractivity contribution in [3.8, 4) is 0 Å². The van der Waals surface area contributed by atoms with Gasteiger partial charge in [-0.25, -0.2) is 20.2 Å². The SMILES string of the molecule is CCc1nc2ccc(CN3CCN(c4ccc(F)nc4C(=O)NN)CC3)c(F)c2[nH]c1=O. The lowest BCUT2D eigenvalue weighted by molar-refractivity contribution is 0.0948. The van der Waals surface area contributed by atoms with E-state index in [0.717, 1.165) is 0 Å². The Hall–Kier alpha value is -3.44. The van der Waals surface area contributed by atoms with E-state index in [1.807, 2.05) is 17.2 Å². The number of nitrogens with two attached hydrogens (primary N) is 1. The van der Waals surface area contributed by atoms with Crippen LogP contribution in [0.1, 0.15) is 28.7 Å². The zero-order valence-corrected chi connectivity index (χ0v) is 17.5. The number of anilines is 1. The van der Waals surface area contributed by atoms with Crippen molar-refractivity contribution in [2.75, 3.05) is 31.1 Å². The van der Waals surface area contributed by atoms with E-state index in [1.165, 1.54) is 12.1 Å². The summed E-state index contributed by atoms with van der Waals surface area (Å²) in [6.07, 6.45) is 0.469. The maximum absolute atomic E-state index is 15.1. The predicted molar refractivity (Wildman–Crippen MR) is 115 cm³/mol. The quantitative estimate of drug-likeness (QED) is 0.234. The van der Waals surface area contributed by atoms with Gasteiger partial charge in [0.15, 0.2) is 11.5 Å². The van der Waals surface area contributed by atoms with Gasteiger partial charge in [-0.3, -0.25) is 19.9 Å². The van der Waals surface area contributed by atoms with Crippen LogP contribution in [0.5, 0.6) is 0 Å². The van der Waals surface area contributed by atoms with E-state index >= 15 is 4.39 Å². The fourth-order valence-electron chi connectivity index (χ4n) is 3.87. The van der Waals surface area contributed by atoms with Gasteiger partial charge in [0, 0.05) is 38.3 Å². The molecule has 0 unspecified atom stereocenters. The number of amides is 1. The van der Waals surface area contributed by atoms with E-state index in [2.05, 4.69) is 19.9 Å². The Morgan fingerprint density at radius 3 is 2.59 bits per heavy atom. The fourth-order valence-corrected chi connectivity index (χ4v) is 3.87. The van der Waals surface area contributed by atoms with Crippen LogP contribution in [0.2, 0.25) is 0 Å². The summed E-state index contributed by atoms with van der Waals surface area (Å²) < 4.78 is 28.6. The van der Waals surface area contributed by atoms with Gasteiger partial charge in [0.1, 0.15) is 11.2 Å². The van der Waals surface area contributed by atoms with Crippen LogP contribution in [-0.4, -0.2) is 51.9 Å². The second-order valence-corrected chi connectivity index (χ2v) is 7.54. The molecular formula is C21H23F2N7O2. The Balaban J connectivity index is 1.49. The average Bonchev–Trinajstić information content (AvgIpc) is 2.81. The number of halogens is 2. The number of aromatic amines is 1. The maximum Gasteiger partial charge on any atom is 0.286 e. The maximum atomic E-state index is 15.1. The summed E-state index contributed by atoms with van der Waals surface area (Å²) in [4.78, 5) is 38.5. The van der Waals surface area contributed by atoms with Crippen molar-refractivity contribution in [2.24, 2.45) is 5.84 Å². The summed E-state index contributed by atoms with van der Waals surface area (Å²) in [5.74, 6) is 3.26. The van der Waals surface area contributed by atoms with Gasteiger partial charge in [0.05, 0.1) is 11.2 Å². The number of fused-ring (bicyclic) bond motifs is 1. The highest BCUT2D eigenvalue weighted by Gasteiger charge is 2.24. The lowest BCUT2D eigenvalue weighted by Crippen LogP contribution is -2.47. The minimum Gasteiger partial charge on any atom is -0.367 e. The Morgan fingerprint density at radius 1 is 1.16 bits per heavy atom. The Kier molecular flexibility index (Phi) is 6.10. The summed E-state index contributed by atoms with van der Waals surface area (Å²) in [5, 5.41) is 0. The van der Waals surface area contributed by atoms with Crippen molar-refractivity contribution in [3.63, 3.8) is 0 Å². The second kappa shape index (κ2) is 8.97. The summed E-state index contributed by atoms with van der Waals surface area (Å²) in [5.41, 5.74) is 3.37. The molecule has 3 aromatic rings. The van der Waals surface area contributed by atoms with Crippen LogP contribution in [0, 0.1) is 11.8 Å². The van der Waals surface area contributed by atoms with Crippen molar-refractivity contribution < 1.29 is 13.6 Å². The van der Waals surface area contributed by atoms with Crippen LogP contribution in [0.25, 0.3) is 11.0 Å². The number of carbonyl (C=O) groups excluding carboxylic acids is 1. The van der Waals surface area contributed by atoms with Gasteiger partial charge < -0.3 is 9.88 Å². The van der Waals surface area contributed by atoms with Crippen molar-refractivity contribution in [1.82, 2.24) is 25.3 Å². The van der Waals surface area contributed by atoms with Gasteiger partial charge in [-0.2, -0.15) is 4.39 Å². The first-order valence-electron chi connectivity index (χ1n) is 10.3. The highest BCUT2D eigenvalue weighted by Crippen LogP contribution is 2.23. The Labute approximate surface area is 182 Å². The number of rotatable bonds is 5. The summed E-state index contributed by atoms with van der Waals surface area (Å²) in [7, 11) is 0. The third kappa shape index (κ3) is 4.16. The number of piperazine rings is 1. The average molecular weight is 443 g/mol. The smallest absolute Gasteiger partial charge is 0.286 e. The normalized spacial score (nSPS) is 14.7. The van der Waals surface area contributed by atoms with E-state index in [1.54, 1.807) is 12.1 Å². The molecule has 1 aromatic carbocycles. The topological polar surface area (TPSA) is 120 Å². The molecule has 168 valence electrons. The number of nitrogens with zero attached hydrogens (tertiary/aromatic N) is 4. The van der Waals surface area contributed by atoms with Crippen molar-refractivity contribution in [2.45, 2.75) is 19.9 Å². The zero-order chi connectivity index (χ0) is 22.8. The minimum absolute atomic E-state index is 0.0792. The third-order valence-corrected chi connectivity index (χ3v) is 5.58. The van der Waals surface area contributed by atoms with E-state index in [4.69, 9.17) is 5.84 Å². The van der Waals surface area contributed by atoms with Gasteiger partial charge in [-0.05, 0) is 24.6 Å². The Morgan fingerprint density at radius 2 is 1.91 bits per heavy atom. The fraction of sp³-hybridized carbons (Fsp3) is 0.333. The molecule has 0 bridgehead atoms. The van der Waals surface area contributed by atoms with Gasteiger partial charge in [0.25, 0.3) is 11.5 Å². The number of hydrogen-bond acceptors (Lipinski definition) is 7. The number of aromatic nitrogens is 3. The van der Waals surface area contributed by atoms with Crippen LogP contribution in [0.3, 0.4) is 0 Å². The molecule has 1 aliphatic rings. The standard InChI is InChI=1S/C21H23F2N7O2/c1-2-13-20(31)27-18-14(25-13)4-3-12(17(18)23)11-29-7-9-30(10-8-29)15-5-6-16(22)26-19(15)21(32)28-24/h3-6H,2,7-11,24H2,1H3,(H,27,31)(H,28,32). The zero-order valence-electron chi connectivity index (χ0n) is 17.5. The molecule has 2 aromatic heterocycles. The van der Waals surface area contributed by atoms with Crippen molar-refractivity contribution >= 4 is 22.6 Å². The van der Waals surface area contributed by atoms with E-state index in [-0.39, 0.29) is 16.8 Å². The molecule has 32 heavy (non-hydrogen) atoms. The second-order valence-electron chi connectivity index (χ2n) is 7.54. The van der Waals surface area contributed by atoms with E-state index in [9.17, 15) is 14.0 Å². The van der Waals surface area contributed by atoms with Gasteiger partial charge in [0.2, 0.25) is 5.95 Å². The highest BCUT2D eigenvalue weighted by molar-refractivity contribution is 5.97. The van der Waals surface area contributed by atoms with Crippen LogP contribution in [-0.2, 0) is 13.0 Å². The van der Waals surface area contributed by atoms with Gasteiger partial charge in [-0.15, -0.1) is 0 Å². The molecular weight excluding hydrogens is 420 g/mol. The lowest BCUT2D eigenvalue weighted by atomic mass is 10.1. The number of hydrogen-bond donors (Lipinski definition) is 3. The number of pyridine rings is 1. The van der Waals surface area contributed by atoms with Crippen LogP contribution < -0.4 is 21.7 Å². The predicted octanol–water partition coefficient (Wildman–Crippen LogP) is 1.08. The number of carbonyl (C=O) groups is 1. The number of H-pyrrole nitrogens is 1. The van der Waals surface area contributed by atoms with Gasteiger partial charge >= 0.3 is 0 Å². The number of nitrogens with one attached hydrogen (secondary N) is 2. The molecule has 1 fully saturated rings. The molecule has 9 nitrogen and oxygen atoms in total. The van der Waals surface area contributed by atoms with Gasteiger partial charge in [-0.1, -0.05) is 13.0 Å². The molecule has 4 rings (SSSR count). The molecule has 1 aliphatic heterocycles. The molecule has 4 N–H and O–H groups in total. The molecule has 0 aliphatic carbocycles. The largest absolute Gasteiger partial charge is 0.367 e. The molecule has 0 saturated carbocycles. The minimum atomic E-state index is -0.767. The van der Waals surface area contributed by atoms with E-state index < -0.39 is 17.7 Å². The molecule has 11 heteroatoms. The van der Waals surface area contributed by atoms with Crippen LogP contribution >= 0.6 is 0 Å². The van der Waals surface area contributed by atoms with E-state index in [0.29, 0.717) is 61.6 Å². The molecule has 1 saturated heterocycles. The molecule has 0 radical (unpaired) electrons. The van der Waals surface area contributed by atoms with Crippen molar-refractivity contribution in [3.05, 3.63) is 63.3 Å². The summed E-state index contributed by atoms with van der Waals surface area (Å²) >= 11 is 0. The molecule has 0 atom stereocenters. The number of nitrogen functional groups attached to an aromatic ring is 1. The first-order chi connectivity index (χ1) is 15.4. The highest BCUT2D eigenvalue weighted by atomic mass is 19.1. The lowest BCUT2D eigenvalue weighted by Gasteiger charge is -2.36. The molecule has 1 amide bonds. The monoisotopic (exact) mass is 443 g/mol. The first kappa shape index (κ1) is 21.8. The molecule has 3 heterocycles. The van der Waals surface area contributed by atoms with Crippen LogP contribution in [0.15, 0.2) is 29.1 Å². The summed E-state index contributed by atoms with van der Waals surface area (Å²) in [6.45, 7) is 4.41. The number of hydrazine groups is 1. The number of benzene rings is 1. The number of aryl methyl sites for hydroxylation is 1. The van der Waals surface area contributed by atoms with Crippen molar-refractivity contribution in [1.29, 1.82) is 0 Å².